The fraction of sp³-hybridized carbons (Fsp3) is 0.375. The number of aromatic nitrogens is 4. The van der Waals surface area contributed by atoms with E-state index in [0.717, 1.165) is 29.1 Å². The number of fused-ring (bicyclic) bond motifs is 1. The molecule has 1 aliphatic heterocycles. The van der Waals surface area contributed by atoms with E-state index in [1.165, 1.54) is 6.07 Å². The van der Waals surface area contributed by atoms with E-state index in [4.69, 9.17) is 0 Å². The van der Waals surface area contributed by atoms with Crippen molar-refractivity contribution in [3.05, 3.63) is 35.4 Å². The summed E-state index contributed by atoms with van der Waals surface area (Å²) < 4.78 is 27.0. The summed E-state index contributed by atoms with van der Waals surface area (Å²) in [6, 6.07) is 3.37. The Kier molecular flexibility index (Phi) is 4.16. The van der Waals surface area contributed by atoms with E-state index >= 15 is 0 Å². The van der Waals surface area contributed by atoms with Crippen molar-refractivity contribution in [2.75, 3.05) is 36.0 Å². The van der Waals surface area contributed by atoms with Crippen LogP contribution in [0.4, 0.5) is 20.4 Å². The molecule has 6 nitrogen and oxygen atoms in total. The van der Waals surface area contributed by atoms with Crippen molar-refractivity contribution in [3.8, 4) is 0 Å². The Balaban J connectivity index is 1.53. The van der Waals surface area contributed by atoms with Gasteiger partial charge in [0.15, 0.2) is 0 Å². The van der Waals surface area contributed by atoms with Gasteiger partial charge in [-0.25, -0.2) is 28.7 Å². The highest BCUT2D eigenvalue weighted by Gasteiger charge is 2.22. The zero-order chi connectivity index (χ0) is 17.4. The average Bonchev–Trinajstić information content (AvgIpc) is 3.10. The molecule has 0 aromatic carbocycles. The number of hydrogen-bond donors (Lipinski definition) is 0. The van der Waals surface area contributed by atoms with E-state index in [2.05, 4.69) is 24.8 Å². The van der Waals surface area contributed by atoms with Crippen LogP contribution in [0, 0.1) is 6.92 Å². The Bertz CT molecular complexity index is 891. The van der Waals surface area contributed by atoms with Gasteiger partial charge in [-0.2, -0.15) is 0 Å². The van der Waals surface area contributed by atoms with Crippen molar-refractivity contribution in [1.29, 1.82) is 0 Å². The fourth-order valence-electron chi connectivity index (χ4n) is 3.00. The summed E-state index contributed by atoms with van der Waals surface area (Å²) in [5.41, 5.74) is 0.728. The van der Waals surface area contributed by atoms with Gasteiger partial charge in [0.25, 0.3) is 6.43 Å². The molecule has 9 heteroatoms. The summed E-state index contributed by atoms with van der Waals surface area (Å²) >= 11 is 1.63. The van der Waals surface area contributed by atoms with Gasteiger partial charge in [0.1, 0.15) is 29.5 Å². The second-order valence-electron chi connectivity index (χ2n) is 5.81. The Morgan fingerprint density at radius 2 is 1.84 bits per heavy atom. The van der Waals surface area contributed by atoms with Crippen LogP contribution in [0.3, 0.4) is 0 Å². The number of alkyl halides is 2. The first-order valence-corrected chi connectivity index (χ1v) is 8.81. The number of aryl methyl sites for hydroxylation is 1. The van der Waals surface area contributed by atoms with Crippen LogP contribution in [-0.2, 0) is 0 Å². The number of halogens is 2. The van der Waals surface area contributed by atoms with E-state index in [0.29, 0.717) is 24.7 Å². The first-order valence-electron chi connectivity index (χ1n) is 7.93. The molecule has 0 unspecified atom stereocenters. The number of hydrogen-bond acceptors (Lipinski definition) is 7. The van der Waals surface area contributed by atoms with Gasteiger partial charge in [-0.15, -0.1) is 11.3 Å². The maximum absolute atomic E-state index is 13.0. The van der Waals surface area contributed by atoms with Gasteiger partial charge in [0.2, 0.25) is 0 Å². The molecular weight excluding hydrogens is 346 g/mol. The molecule has 25 heavy (non-hydrogen) atoms. The normalized spacial score (nSPS) is 15.4. The highest BCUT2D eigenvalue weighted by Crippen LogP contribution is 2.29. The van der Waals surface area contributed by atoms with Crippen molar-refractivity contribution in [3.63, 3.8) is 0 Å². The van der Waals surface area contributed by atoms with Crippen molar-refractivity contribution in [2.24, 2.45) is 0 Å². The lowest BCUT2D eigenvalue weighted by Gasteiger charge is -2.36. The van der Waals surface area contributed by atoms with Gasteiger partial charge in [-0.05, 0) is 18.4 Å². The minimum absolute atomic E-state index is 0.221. The first-order chi connectivity index (χ1) is 12.1. The van der Waals surface area contributed by atoms with Gasteiger partial charge in [0, 0.05) is 32.2 Å². The molecule has 3 aromatic rings. The predicted molar refractivity (Wildman–Crippen MR) is 93.6 cm³/mol. The quantitative estimate of drug-likeness (QED) is 0.714. The Labute approximate surface area is 147 Å². The van der Waals surface area contributed by atoms with Crippen molar-refractivity contribution < 1.29 is 8.78 Å². The van der Waals surface area contributed by atoms with Crippen LogP contribution in [0.15, 0.2) is 23.8 Å². The third-order valence-corrected chi connectivity index (χ3v) is 5.09. The van der Waals surface area contributed by atoms with Crippen LogP contribution in [0.25, 0.3) is 10.2 Å². The van der Waals surface area contributed by atoms with E-state index in [9.17, 15) is 8.78 Å². The molecule has 0 N–H and O–H groups in total. The molecule has 1 fully saturated rings. The predicted octanol–water partition coefficient (Wildman–Crippen LogP) is 3.05. The molecule has 1 aliphatic rings. The second-order valence-corrected chi connectivity index (χ2v) is 6.72. The SMILES string of the molecule is Cc1nc(C(F)F)cc(N2CCN(c3ncnc4ccsc34)CC2)n1. The molecule has 0 radical (unpaired) electrons. The van der Waals surface area contributed by atoms with Crippen LogP contribution in [-0.4, -0.2) is 46.1 Å². The molecule has 3 aromatic heterocycles. The number of piperazine rings is 1. The van der Waals surface area contributed by atoms with E-state index < -0.39 is 6.43 Å². The monoisotopic (exact) mass is 362 g/mol. The second kappa shape index (κ2) is 6.47. The van der Waals surface area contributed by atoms with E-state index in [1.807, 2.05) is 16.3 Å². The molecule has 1 saturated heterocycles. The first kappa shape index (κ1) is 16.1. The summed E-state index contributed by atoms with van der Waals surface area (Å²) in [6.07, 6.45) is -1.01. The molecule has 0 bridgehead atoms. The van der Waals surface area contributed by atoms with Crippen LogP contribution in [0.5, 0.6) is 0 Å². The zero-order valence-electron chi connectivity index (χ0n) is 13.6. The number of anilines is 2. The molecule has 130 valence electrons. The molecule has 4 rings (SSSR count). The van der Waals surface area contributed by atoms with E-state index in [1.54, 1.807) is 24.6 Å². The van der Waals surface area contributed by atoms with Gasteiger partial charge in [0.05, 0.1) is 10.2 Å². The van der Waals surface area contributed by atoms with Gasteiger partial charge < -0.3 is 9.80 Å². The smallest absolute Gasteiger partial charge is 0.280 e. The van der Waals surface area contributed by atoms with E-state index in [-0.39, 0.29) is 5.69 Å². The van der Waals surface area contributed by atoms with Crippen molar-refractivity contribution in [1.82, 2.24) is 19.9 Å². The van der Waals surface area contributed by atoms with Crippen LogP contribution < -0.4 is 9.80 Å². The molecule has 4 heterocycles. The molecule has 0 spiro atoms. The molecule has 0 aliphatic carbocycles. The lowest BCUT2D eigenvalue weighted by atomic mass is 10.3. The summed E-state index contributed by atoms with van der Waals surface area (Å²) in [6.45, 7) is 4.51. The molecule has 0 saturated carbocycles. The van der Waals surface area contributed by atoms with Crippen LogP contribution >= 0.6 is 11.3 Å². The maximum atomic E-state index is 13.0. The highest BCUT2D eigenvalue weighted by molar-refractivity contribution is 7.17. The third-order valence-electron chi connectivity index (χ3n) is 4.20. The summed E-state index contributed by atoms with van der Waals surface area (Å²) in [5.74, 6) is 1.87. The summed E-state index contributed by atoms with van der Waals surface area (Å²) in [4.78, 5) is 21.1. The van der Waals surface area contributed by atoms with Gasteiger partial charge in [-0.3, -0.25) is 0 Å². The van der Waals surface area contributed by atoms with Gasteiger partial charge >= 0.3 is 0 Å². The Morgan fingerprint density at radius 1 is 1.08 bits per heavy atom. The van der Waals surface area contributed by atoms with Crippen LogP contribution in [0.1, 0.15) is 17.9 Å². The lowest BCUT2D eigenvalue weighted by Crippen LogP contribution is -2.47. The number of nitrogens with zero attached hydrogens (tertiary/aromatic N) is 6. The minimum Gasteiger partial charge on any atom is -0.353 e. The standard InChI is InChI=1S/C16H16F2N6S/c1-10-21-12(15(17)18)8-13(22-10)23-3-5-24(6-4-23)16-14-11(2-7-25-14)19-9-20-16/h2,7-9,15H,3-6H2,1H3. The minimum atomic E-state index is -2.59. The molecular formula is C16H16F2N6S. The number of thiophene rings is 1. The van der Waals surface area contributed by atoms with Crippen molar-refractivity contribution in [2.45, 2.75) is 13.3 Å². The van der Waals surface area contributed by atoms with Gasteiger partial charge in [-0.1, -0.05) is 0 Å². The summed E-state index contributed by atoms with van der Waals surface area (Å²) in [7, 11) is 0. The maximum Gasteiger partial charge on any atom is 0.280 e. The largest absolute Gasteiger partial charge is 0.353 e. The Hall–Kier alpha value is -2.42. The number of rotatable bonds is 3. The summed E-state index contributed by atoms with van der Waals surface area (Å²) in [5, 5.41) is 2.01. The molecule has 0 amide bonds. The third kappa shape index (κ3) is 3.11. The zero-order valence-corrected chi connectivity index (χ0v) is 14.4. The average molecular weight is 362 g/mol. The van der Waals surface area contributed by atoms with Crippen molar-refractivity contribution >= 4 is 33.2 Å². The molecule has 0 atom stereocenters. The fourth-order valence-corrected chi connectivity index (χ4v) is 3.86. The topological polar surface area (TPSA) is 58.0 Å². The lowest BCUT2D eigenvalue weighted by molar-refractivity contribution is 0.145. The Morgan fingerprint density at radius 3 is 2.60 bits per heavy atom. The van der Waals surface area contributed by atoms with Crippen LogP contribution in [0.2, 0.25) is 0 Å². The highest BCUT2D eigenvalue weighted by atomic mass is 32.1.